The van der Waals surface area contributed by atoms with E-state index in [0.717, 1.165) is 5.19 Å². The molecule has 0 saturated heterocycles. The van der Waals surface area contributed by atoms with Crippen molar-refractivity contribution < 1.29 is 8.23 Å². The second-order valence-corrected chi connectivity index (χ2v) is 22.4. The Kier molecular flexibility index (Phi) is 9.29. The van der Waals surface area contributed by atoms with Gasteiger partial charge in [0.1, 0.15) is 0 Å². The highest BCUT2D eigenvalue weighted by molar-refractivity contribution is 7.15. The van der Waals surface area contributed by atoms with Crippen LogP contribution in [-0.4, -0.2) is 25.2 Å². The van der Waals surface area contributed by atoms with Gasteiger partial charge >= 0.3 is 8.56 Å². The van der Waals surface area contributed by atoms with Crippen molar-refractivity contribution in [1.82, 2.24) is 0 Å². The highest BCUT2D eigenvalue weighted by atomic mass is 28.5. The van der Waals surface area contributed by atoms with Crippen LogP contribution in [0.25, 0.3) is 0 Å². The Morgan fingerprint density at radius 3 is 0.604 bits per heavy atom. The predicted octanol–water partition coefficient (Wildman–Crippen LogP) is 5.33. The van der Waals surface area contributed by atoms with Crippen molar-refractivity contribution in [2.24, 2.45) is 0 Å². The van der Waals surface area contributed by atoms with Crippen LogP contribution >= 0.6 is 0 Å². The molecule has 5 heteroatoms. The smallest absolute Gasteiger partial charge is 0.350 e. The number of rotatable bonds is 11. The second-order valence-electron chi connectivity index (χ2n) is 12.1. The average molecular weight is 671 g/mol. The van der Waals surface area contributed by atoms with Crippen LogP contribution in [0.15, 0.2) is 212 Å². The molecule has 2 nitrogen and oxygen atoms in total. The molecule has 7 aromatic rings. The van der Waals surface area contributed by atoms with Crippen LogP contribution < -0.4 is 36.3 Å². The van der Waals surface area contributed by atoms with Gasteiger partial charge in [0, 0.05) is 0 Å². The molecule has 0 spiro atoms. The molecule has 0 heterocycles. The Morgan fingerprint density at radius 2 is 0.417 bits per heavy atom. The van der Waals surface area contributed by atoms with Gasteiger partial charge in [-0.05, 0) is 42.9 Å². The van der Waals surface area contributed by atoms with Crippen LogP contribution in [0.3, 0.4) is 0 Å². The van der Waals surface area contributed by atoms with E-state index >= 15 is 0 Å². The first-order valence-electron chi connectivity index (χ1n) is 16.4. The van der Waals surface area contributed by atoms with E-state index in [1.165, 1.54) is 31.1 Å². The van der Waals surface area contributed by atoms with E-state index in [1.807, 2.05) is 0 Å². The van der Waals surface area contributed by atoms with Crippen LogP contribution in [-0.2, 0) is 8.23 Å². The Morgan fingerprint density at radius 1 is 0.250 bits per heavy atom. The van der Waals surface area contributed by atoms with Crippen molar-refractivity contribution in [3.05, 3.63) is 212 Å². The Balaban J connectivity index is 1.55. The Hall–Kier alpha value is -4.89. The third-order valence-corrected chi connectivity index (χ3v) is 22.9. The molecular formula is C43H38O2Si3. The minimum atomic E-state index is -3.37. The Labute approximate surface area is 287 Å². The Bertz CT molecular complexity index is 1690. The second kappa shape index (κ2) is 14.1. The zero-order valence-corrected chi connectivity index (χ0v) is 30.0. The topological polar surface area (TPSA) is 18.5 Å². The van der Waals surface area contributed by atoms with Crippen molar-refractivity contribution in [2.75, 3.05) is 0 Å². The number of hydrogen-bond donors (Lipinski definition) is 0. The summed E-state index contributed by atoms with van der Waals surface area (Å²) in [5, 5.41) is 8.22. The summed E-state index contributed by atoms with van der Waals surface area (Å²) in [6.07, 6.45) is 0. The summed E-state index contributed by atoms with van der Waals surface area (Å²) in [7, 11) is -9.74. The maximum Gasteiger partial charge on any atom is 0.350 e. The fraction of sp³-hybridized carbons (Fsp3) is 0.0233. The van der Waals surface area contributed by atoms with Crippen molar-refractivity contribution in [1.29, 1.82) is 0 Å². The predicted molar refractivity (Wildman–Crippen MR) is 208 cm³/mol. The van der Waals surface area contributed by atoms with E-state index in [-0.39, 0.29) is 0 Å². The molecule has 0 aliphatic heterocycles. The van der Waals surface area contributed by atoms with Gasteiger partial charge in [0.15, 0.2) is 0 Å². The summed E-state index contributed by atoms with van der Waals surface area (Å²) >= 11 is 0. The first-order chi connectivity index (χ1) is 23.7. The molecule has 0 radical (unpaired) electrons. The van der Waals surface area contributed by atoms with Crippen molar-refractivity contribution in [3.8, 4) is 0 Å². The molecular weight excluding hydrogens is 633 g/mol. The summed E-state index contributed by atoms with van der Waals surface area (Å²) in [5.74, 6) is 0. The summed E-state index contributed by atoms with van der Waals surface area (Å²) in [5.41, 5.74) is 0. The standard InChI is InChI=1S/C43H38O2Si3/c1-46(37-23-9-2-10-24-37,44-47(38-25-11-3-12-26-38,39-27-13-4-14-28-39)40-29-15-5-16-30-40)45-48(41-31-17-6-18-32-41,42-33-19-7-20-34-42)43-35-21-8-22-36-43/h2-36H,1H3. The first-order valence-corrected chi connectivity index (χ1v) is 22.6. The fourth-order valence-electron chi connectivity index (χ4n) is 6.85. The van der Waals surface area contributed by atoms with Gasteiger partial charge in [-0.2, -0.15) is 0 Å². The van der Waals surface area contributed by atoms with Gasteiger partial charge in [0.2, 0.25) is 0 Å². The first kappa shape index (κ1) is 31.7. The molecule has 0 unspecified atom stereocenters. The average Bonchev–Trinajstić information content (AvgIpc) is 3.18. The van der Waals surface area contributed by atoms with Crippen molar-refractivity contribution in [3.63, 3.8) is 0 Å². The van der Waals surface area contributed by atoms with Crippen molar-refractivity contribution >= 4 is 61.5 Å². The fourth-order valence-corrected chi connectivity index (χ4v) is 22.6. The van der Waals surface area contributed by atoms with Crippen LogP contribution in [0.5, 0.6) is 0 Å². The highest BCUT2D eigenvalue weighted by Gasteiger charge is 2.55. The molecule has 48 heavy (non-hydrogen) atoms. The van der Waals surface area contributed by atoms with Gasteiger partial charge in [0.25, 0.3) is 16.6 Å². The van der Waals surface area contributed by atoms with E-state index in [2.05, 4.69) is 219 Å². The zero-order valence-electron chi connectivity index (χ0n) is 27.0. The van der Waals surface area contributed by atoms with Crippen LogP contribution in [0.4, 0.5) is 0 Å². The molecule has 0 aliphatic rings. The van der Waals surface area contributed by atoms with Crippen LogP contribution in [0, 0.1) is 0 Å². The minimum Gasteiger partial charge on any atom is -0.422 e. The summed E-state index contributed by atoms with van der Waals surface area (Å²) in [6, 6.07) is 75.6. The van der Waals surface area contributed by atoms with Gasteiger partial charge in [-0.15, -0.1) is 0 Å². The molecule has 7 aromatic carbocycles. The van der Waals surface area contributed by atoms with E-state index in [0.29, 0.717) is 0 Å². The van der Waals surface area contributed by atoms with Gasteiger partial charge < -0.3 is 8.23 Å². The molecule has 0 amide bonds. The monoisotopic (exact) mass is 670 g/mol. The summed E-state index contributed by atoms with van der Waals surface area (Å²) in [4.78, 5) is 0. The van der Waals surface area contributed by atoms with Gasteiger partial charge in [-0.3, -0.25) is 0 Å². The molecule has 0 N–H and O–H groups in total. The normalized spacial score (nSPS) is 12.0. The third-order valence-electron chi connectivity index (χ3n) is 9.08. The quantitative estimate of drug-likeness (QED) is 0.137. The molecule has 234 valence electrons. The van der Waals surface area contributed by atoms with Gasteiger partial charge in [-0.1, -0.05) is 212 Å². The van der Waals surface area contributed by atoms with E-state index < -0.39 is 25.2 Å². The lowest BCUT2D eigenvalue weighted by atomic mass is 10.3. The van der Waals surface area contributed by atoms with E-state index in [4.69, 9.17) is 8.23 Å². The lowest BCUT2D eigenvalue weighted by Crippen LogP contribution is -2.80. The SMILES string of the molecule is C[Si](O[Si](c1ccccc1)(c1ccccc1)c1ccccc1)(O[Si](c1ccccc1)(c1ccccc1)c1ccccc1)c1ccccc1. The molecule has 0 aromatic heterocycles. The molecule has 0 saturated carbocycles. The maximum absolute atomic E-state index is 8.18. The number of hydrogen-bond acceptors (Lipinski definition) is 2. The lowest BCUT2D eigenvalue weighted by Gasteiger charge is -2.46. The third kappa shape index (κ3) is 5.99. The van der Waals surface area contributed by atoms with Gasteiger partial charge in [0.05, 0.1) is 0 Å². The molecule has 0 fully saturated rings. The van der Waals surface area contributed by atoms with Gasteiger partial charge in [-0.25, -0.2) is 0 Å². The molecule has 0 atom stereocenters. The van der Waals surface area contributed by atoms with E-state index in [1.54, 1.807) is 0 Å². The minimum absolute atomic E-state index is 1.10. The number of benzene rings is 7. The van der Waals surface area contributed by atoms with E-state index in [9.17, 15) is 0 Å². The molecule has 0 bridgehead atoms. The maximum atomic E-state index is 8.18. The summed E-state index contributed by atoms with van der Waals surface area (Å²) < 4.78 is 16.4. The largest absolute Gasteiger partial charge is 0.422 e. The molecule has 0 aliphatic carbocycles. The highest BCUT2D eigenvalue weighted by Crippen LogP contribution is 2.23. The lowest BCUT2D eigenvalue weighted by molar-refractivity contribution is 0.421. The van der Waals surface area contributed by atoms with Crippen LogP contribution in [0.1, 0.15) is 0 Å². The van der Waals surface area contributed by atoms with Crippen LogP contribution in [0.2, 0.25) is 6.55 Å². The molecule has 7 rings (SSSR count). The zero-order chi connectivity index (χ0) is 32.7. The summed E-state index contributed by atoms with van der Waals surface area (Å²) in [6.45, 7) is 2.27. The van der Waals surface area contributed by atoms with Crippen molar-refractivity contribution in [2.45, 2.75) is 6.55 Å².